The Hall–Kier alpha value is -4.47. The maximum absolute atomic E-state index is 14.7. The molecule has 3 aromatic carbocycles. The highest BCUT2D eigenvalue weighted by atomic mass is 19.2. The molecule has 1 aliphatic rings. The fraction of sp³-hybridized carbons (Fsp3) is 0.214. The number of aromatic nitrogens is 1. The second-order valence-corrected chi connectivity index (χ2v) is 9.90. The van der Waals surface area contributed by atoms with Crippen molar-refractivity contribution in [3.8, 4) is 22.6 Å². The lowest BCUT2D eigenvalue weighted by Crippen LogP contribution is -2.40. The summed E-state index contributed by atoms with van der Waals surface area (Å²) in [5, 5.41) is 23.3. The lowest BCUT2D eigenvalue weighted by atomic mass is 9.83. The molecule has 0 radical (unpaired) electrons. The number of amides is 2. The fourth-order valence-corrected chi connectivity index (χ4v) is 5.17. The Labute approximate surface area is 215 Å². The first-order valence-corrected chi connectivity index (χ1v) is 11.9. The zero-order valence-electron chi connectivity index (χ0n) is 20.6. The molecular formula is C28H24F3N3O4. The van der Waals surface area contributed by atoms with Crippen molar-refractivity contribution < 1.29 is 33.0 Å². The van der Waals surface area contributed by atoms with Crippen molar-refractivity contribution in [2.75, 3.05) is 19.6 Å². The van der Waals surface area contributed by atoms with Crippen molar-refractivity contribution >= 4 is 22.9 Å². The third-order valence-corrected chi connectivity index (χ3v) is 6.77. The van der Waals surface area contributed by atoms with E-state index in [1.54, 1.807) is 21.6 Å². The van der Waals surface area contributed by atoms with Gasteiger partial charge >= 0.3 is 12.0 Å². The maximum atomic E-state index is 14.7. The van der Waals surface area contributed by atoms with Gasteiger partial charge in [0.05, 0.1) is 16.5 Å². The Bertz CT molecular complexity index is 1600. The summed E-state index contributed by atoms with van der Waals surface area (Å²) in [6.07, 6.45) is 0. The Balaban J connectivity index is 1.88. The van der Waals surface area contributed by atoms with Crippen LogP contribution in [-0.4, -0.2) is 51.3 Å². The standard InChI is InChI=1S/C28H24F3N3O4/c1-28(2,14-33-10-9-32-27(33)38)25-23(15-3-5-16(6-4-15)26(36)37)24-21(11-17(29)12-22(24)35)34(25)18-7-8-19(30)20(31)13-18/h3-8,11-13,35H,9-10,14H2,1-2H3,(H,32,38)(H,36,37). The number of carboxylic acids is 1. The molecule has 10 heteroatoms. The van der Waals surface area contributed by atoms with Crippen LogP contribution < -0.4 is 5.32 Å². The predicted octanol–water partition coefficient (Wildman–Crippen LogP) is 5.42. The topological polar surface area (TPSA) is 94.8 Å². The van der Waals surface area contributed by atoms with Gasteiger partial charge < -0.3 is 25.0 Å². The second-order valence-electron chi connectivity index (χ2n) is 9.90. The summed E-state index contributed by atoms with van der Waals surface area (Å²) in [7, 11) is 0. The number of aromatic hydroxyl groups is 1. The highest BCUT2D eigenvalue weighted by Crippen LogP contribution is 2.46. The number of nitrogens with one attached hydrogen (secondary N) is 1. The smallest absolute Gasteiger partial charge is 0.335 e. The van der Waals surface area contributed by atoms with E-state index in [-0.39, 0.29) is 40.5 Å². The van der Waals surface area contributed by atoms with Crippen LogP contribution in [0.1, 0.15) is 29.9 Å². The van der Waals surface area contributed by atoms with Crippen LogP contribution in [-0.2, 0) is 5.41 Å². The zero-order valence-corrected chi connectivity index (χ0v) is 20.6. The molecule has 4 aromatic rings. The molecule has 196 valence electrons. The SMILES string of the molecule is CC(C)(CN1CCNC1=O)c1c(-c2ccc(C(=O)O)cc2)c2c(O)cc(F)cc2n1-c1ccc(F)c(F)c1. The molecule has 1 fully saturated rings. The Morgan fingerprint density at radius 3 is 2.34 bits per heavy atom. The Morgan fingerprint density at radius 1 is 1.03 bits per heavy atom. The number of nitrogens with zero attached hydrogens (tertiary/aromatic N) is 2. The highest BCUT2D eigenvalue weighted by Gasteiger charge is 2.37. The first kappa shape index (κ1) is 25.2. The minimum absolute atomic E-state index is 0.0444. The molecule has 1 aromatic heterocycles. The van der Waals surface area contributed by atoms with Crippen molar-refractivity contribution in [3.63, 3.8) is 0 Å². The van der Waals surface area contributed by atoms with Crippen molar-refractivity contribution in [1.29, 1.82) is 0 Å². The Morgan fingerprint density at radius 2 is 1.74 bits per heavy atom. The van der Waals surface area contributed by atoms with Gasteiger partial charge in [0, 0.05) is 54.1 Å². The van der Waals surface area contributed by atoms with Gasteiger partial charge in [-0.15, -0.1) is 0 Å². The van der Waals surface area contributed by atoms with Crippen molar-refractivity contribution in [2.45, 2.75) is 19.3 Å². The van der Waals surface area contributed by atoms with E-state index in [1.807, 2.05) is 13.8 Å². The number of aromatic carboxylic acids is 1. The van der Waals surface area contributed by atoms with Crippen LogP contribution in [0, 0.1) is 17.5 Å². The first-order valence-electron chi connectivity index (χ1n) is 11.9. The van der Waals surface area contributed by atoms with Crippen LogP contribution >= 0.6 is 0 Å². The molecule has 38 heavy (non-hydrogen) atoms. The number of carbonyl (C=O) groups excluding carboxylic acids is 1. The van der Waals surface area contributed by atoms with Crippen LogP contribution in [0.5, 0.6) is 5.75 Å². The highest BCUT2D eigenvalue weighted by molar-refractivity contribution is 6.04. The van der Waals surface area contributed by atoms with Crippen LogP contribution in [0.3, 0.4) is 0 Å². The van der Waals surface area contributed by atoms with Gasteiger partial charge in [0.1, 0.15) is 11.6 Å². The van der Waals surface area contributed by atoms with Gasteiger partial charge in [0.15, 0.2) is 11.6 Å². The summed E-state index contributed by atoms with van der Waals surface area (Å²) in [4.78, 5) is 25.5. The number of rotatable bonds is 6. The van der Waals surface area contributed by atoms with E-state index >= 15 is 0 Å². The van der Waals surface area contributed by atoms with E-state index in [0.29, 0.717) is 29.9 Å². The molecule has 0 bridgehead atoms. The predicted molar refractivity (Wildman–Crippen MR) is 135 cm³/mol. The summed E-state index contributed by atoms with van der Waals surface area (Å²) in [5.41, 5.74) is 0.988. The molecule has 2 heterocycles. The van der Waals surface area contributed by atoms with E-state index in [4.69, 9.17) is 0 Å². The van der Waals surface area contributed by atoms with E-state index < -0.39 is 28.8 Å². The number of carboxylic acid groups (broad SMARTS) is 1. The summed E-state index contributed by atoms with van der Waals surface area (Å²) in [6.45, 7) is 4.84. The van der Waals surface area contributed by atoms with Crippen LogP contribution in [0.15, 0.2) is 54.6 Å². The number of benzene rings is 3. The molecule has 0 saturated carbocycles. The number of phenolic OH excluding ortho intramolecular Hbond substituents is 1. The number of hydrogen-bond donors (Lipinski definition) is 3. The maximum Gasteiger partial charge on any atom is 0.335 e. The van der Waals surface area contributed by atoms with E-state index in [1.165, 1.54) is 24.3 Å². The second kappa shape index (κ2) is 9.13. The number of halogens is 3. The molecule has 1 aliphatic heterocycles. The van der Waals surface area contributed by atoms with E-state index in [9.17, 15) is 33.0 Å². The summed E-state index contributed by atoms with van der Waals surface area (Å²) < 4.78 is 44.6. The van der Waals surface area contributed by atoms with Crippen molar-refractivity contribution in [3.05, 3.63) is 83.3 Å². The number of hydrogen-bond acceptors (Lipinski definition) is 3. The molecule has 0 spiro atoms. The van der Waals surface area contributed by atoms with Crippen molar-refractivity contribution in [2.24, 2.45) is 0 Å². The van der Waals surface area contributed by atoms with Gasteiger partial charge in [-0.2, -0.15) is 0 Å². The Kier molecular flexibility index (Phi) is 6.05. The summed E-state index contributed by atoms with van der Waals surface area (Å²) in [5.74, 6) is -4.41. The molecule has 0 atom stereocenters. The quantitative estimate of drug-likeness (QED) is 0.315. The molecular weight excluding hydrogens is 499 g/mol. The summed E-state index contributed by atoms with van der Waals surface area (Å²) in [6, 6.07) is 11.1. The van der Waals surface area contributed by atoms with Gasteiger partial charge in [-0.3, -0.25) is 0 Å². The first-order chi connectivity index (χ1) is 18.0. The average molecular weight is 524 g/mol. The molecule has 1 saturated heterocycles. The third-order valence-electron chi connectivity index (χ3n) is 6.77. The fourth-order valence-electron chi connectivity index (χ4n) is 5.17. The zero-order chi connectivity index (χ0) is 27.4. The molecule has 5 rings (SSSR count). The van der Waals surface area contributed by atoms with Gasteiger partial charge in [-0.25, -0.2) is 22.8 Å². The monoisotopic (exact) mass is 523 g/mol. The van der Waals surface area contributed by atoms with E-state index in [0.717, 1.165) is 18.2 Å². The number of carbonyl (C=O) groups is 2. The van der Waals surface area contributed by atoms with Gasteiger partial charge in [-0.1, -0.05) is 26.0 Å². The van der Waals surface area contributed by atoms with Crippen LogP contribution in [0.25, 0.3) is 27.7 Å². The third kappa shape index (κ3) is 4.21. The lowest BCUT2D eigenvalue weighted by Gasteiger charge is -2.32. The van der Waals surface area contributed by atoms with Crippen molar-refractivity contribution in [1.82, 2.24) is 14.8 Å². The summed E-state index contributed by atoms with van der Waals surface area (Å²) >= 11 is 0. The molecule has 0 unspecified atom stereocenters. The van der Waals surface area contributed by atoms with Gasteiger partial charge in [0.2, 0.25) is 0 Å². The normalized spacial score (nSPS) is 13.8. The number of phenols is 1. The molecule has 2 amide bonds. The van der Waals surface area contributed by atoms with Gasteiger partial charge in [0.25, 0.3) is 0 Å². The molecule has 0 aliphatic carbocycles. The van der Waals surface area contributed by atoms with E-state index in [2.05, 4.69) is 5.32 Å². The van der Waals surface area contributed by atoms with Crippen LogP contribution in [0.4, 0.5) is 18.0 Å². The lowest BCUT2D eigenvalue weighted by molar-refractivity contribution is 0.0697. The minimum atomic E-state index is -1.12. The largest absolute Gasteiger partial charge is 0.507 e. The average Bonchev–Trinajstić information content (AvgIpc) is 3.42. The van der Waals surface area contributed by atoms with Gasteiger partial charge in [-0.05, 0) is 35.9 Å². The number of urea groups is 1. The molecule has 3 N–H and O–H groups in total. The number of fused-ring (bicyclic) bond motifs is 1. The minimum Gasteiger partial charge on any atom is -0.507 e. The molecule has 7 nitrogen and oxygen atoms in total. The van der Waals surface area contributed by atoms with Crippen LogP contribution in [0.2, 0.25) is 0 Å².